The van der Waals surface area contributed by atoms with Crippen molar-refractivity contribution in [1.82, 2.24) is 10.3 Å². The fourth-order valence-corrected chi connectivity index (χ4v) is 2.01. The van der Waals surface area contributed by atoms with Crippen molar-refractivity contribution >= 4 is 41.6 Å². The lowest BCUT2D eigenvalue weighted by Gasteiger charge is -2.28. The molecule has 0 atom stereocenters. The van der Waals surface area contributed by atoms with Gasteiger partial charge in [-0.25, -0.2) is 4.98 Å². The summed E-state index contributed by atoms with van der Waals surface area (Å²) in [5, 5.41) is 4.44. The van der Waals surface area contributed by atoms with Gasteiger partial charge >= 0.3 is 0 Å². The van der Waals surface area contributed by atoms with E-state index in [-0.39, 0.29) is 24.8 Å². The molecule has 94 valence electrons. The molecule has 0 saturated carbocycles. The van der Waals surface area contributed by atoms with E-state index < -0.39 is 0 Å². The molecule has 0 unspecified atom stereocenters. The Morgan fingerprint density at radius 3 is 2.71 bits per heavy atom. The summed E-state index contributed by atoms with van der Waals surface area (Å²) in [6, 6.07) is 3.89. The summed E-state index contributed by atoms with van der Waals surface area (Å²) in [5.74, 6) is 1.04. The van der Waals surface area contributed by atoms with E-state index in [1.54, 1.807) is 6.26 Å². The summed E-state index contributed by atoms with van der Waals surface area (Å²) < 4.78 is 5.37. The molecule has 0 aliphatic carbocycles. The molecule has 2 aromatic heterocycles. The van der Waals surface area contributed by atoms with Crippen LogP contribution in [0.25, 0.3) is 11.0 Å². The van der Waals surface area contributed by atoms with E-state index in [9.17, 15) is 0 Å². The molecule has 2 aromatic rings. The van der Waals surface area contributed by atoms with Gasteiger partial charge in [0.05, 0.1) is 11.6 Å². The second-order valence-electron chi connectivity index (χ2n) is 3.70. The summed E-state index contributed by atoms with van der Waals surface area (Å²) in [6.45, 7) is 4.07. The van der Waals surface area contributed by atoms with Crippen LogP contribution in [0.15, 0.2) is 29.0 Å². The predicted molar refractivity (Wildman–Crippen MR) is 73.6 cm³/mol. The number of pyridine rings is 1. The highest BCUT2D eigenvalue weighted by Gasteiger charge is 2.14. The second-order valence-corrected chi connectivity index (χ2v) is 3.70. The molecular formula is C11H15Cl2N3O. The molecule has 0 spiro atoms. The number of rotatable bonds is 1. The first-order chi connectivity index (χ1) is 7.45. The van der Waals surface area contributed by atoms with Crippen LogP contribution < -0.4 is 10.2 Å². The minimum Gasteiger partial charge on any atom is -0.464 e. The Kier molecular flexibility index (Phi) is 5.05. The minimum atomic E-state index is 0. The topological polar surface area (TPSA) is 41.3 Å². The fraction of sp³-hybridized carbons (Fsp3) is 0.364. The number of hydrogen-bond acceptors (Lipinski definition) is 4. The Balaban J connectivity index is 0.000000722. The van der Waals surface area contributed by atoms with Crippen LogP contribution in [0.1, 0.15) is 0 Å². The Morgan fingerprint density at radius 1 is 1.18 bits per heavy atom. The number of aromatic nitrogens is 1. The lowest BCUT2D eigenvalue weighted by molar-refractivity contribution is 0.585. The lowest BCUT2D eigenvalue weighted by atomic mass is 10.2. The molecule has 0 amide bonds. The van der Waals surface area contributed by atoms with Crippen LogP contribution >= 0.6 is 24.8 Å². The molecule has 3 heterocycles. The smallest absolute Gasteiger partial charge is 0.139 e. The zero-order chi connectivity index (χ0) is 10.1. The predicted octanol–water partition coefficient (Wildman–Crippen LogP) is 2.08. The third kappa shape index (κ3) is 2.65. The summed E-state index contributed by atoms with van der Waals surface area (Å²) in [6.07, 6.45) is 3.53. The van der Waals surface area contributed by atoms with E-state index in [0.29, 0.717) is 0 Å². The molecular weight excluding hydrogens is 261 g/mol. The van der Waals surface area contributed by atoms with E-state index in [1.165, 1.54) is 0 Å². The second kappa shape index (κ2) is 6.10. The molecule has 6 heteroatoms. The Morgan fingerprint density at radius 2 is 1.94 bits per heavy atom. The van der Waals surface area contributed by atoms with Gasteiger partial charge in [0.2, 0.25) is 0 Å². The molecule has 1 aliphatic rings. The molecule has 1 fully saturated rings. The first-order valence-corrected chi connectivity index (χ1v) is 5.23. The number of fused-ring (bicyclic) bond motifs is 1. The summed E-state index contributed by atoms with van der Waals surface area (Å²) >= 11 is 0. The monoisotopic (exact) mass is 275 g/mol. The van der Waals surface area contributed by atoms with Crippen molar-refractivity contribution in [2.45, 2.75) is 0 Å². The molecule has 0 bridgehead atoms. The van der Waals surface area contributed by atoms with Crippen LogP contribution in [0.5, 0.6) is 0 Å². The molecule has 3 rings (SSSR count). The van der Waals surface area contributed by atoms with Crippen LogP contribution in [0.2, 0.25) is 0 Å². The zero-order valence-corrected chi connectivity index (χ0v) is 10.9. The maximum atomic E-state index is 5.37. The van der Waals surface area contributed by atoms with Crippen LogP contribution in [0.3, 0.4) is 0 Å². The quantitative estimate of drug-likeness (QED) is 0.866. The third-order valence-electron chi connectivity index (χ3n) is 2.78. The Bertz CT molecular complexity index is 468. The summed E-state index contributed by atoms with van der Waals surface area (Å²) in [4.78, 5) is 6.74. The highest BCUT2D eigenvalue weighted by atomic mass is 35.5. The van der Waals surface area contributed by atoms with E-state index in [4.69, 9.17) is 4.42 Å². The van der Waals surface area contributed by atoms with Gasteiger partial charge < -0.3 is 14.6 Å². The van der Waals surface area contributed by atoms with Gasteiger partial charge in [-0.1, -0.05) is 0 Å². The highest BCUT2D eigenvalue weighted by molar-refractivity contribution is 5.88. The van der Waals surface area contributed by atoms with Crippen molar-refractivity contribution in [3.63, 3.8) is 0 Å². The summed E-state index contributed by atoms with van der Waals surface area (Å²) in [5.41, 5.74) is 0.915. The molecule has 1 N–H and O–H groups in total. The number of furan rings is 1. The molecule has 0 radical (unpaired) electrons. The van der Waals surface area contributed by atoms with Gasteiger partial charge in [-0.15, -0.1) is 24.8 Å². The standard InChI is InChI=1S/C11H13N3O.2ClH/c1-3-13-11(9-2-8-15-10(1)9)14-6-4-12-5-7-14;;/h1-3,8,12H,4-7H2;2*1H. The normalized spacial score (nSPS) is 15.2. The number of piperazine rings is 1. The molecule has 1 aliphatic heterocycles. The first-order valence-electron chi connectivity index (χ1n) is 5.23. The van der Waals surface area contributed by atoms with E-state index in [1.807, 2.05) is 18.3 Å². The van der Waals surface area contributed by atoms with Crippen LogP contribution in [0.4, 0.5) is 5.82 Å². The van der Waals surface area contributed by atoms with E-state index >= 15 is 0 Å². The maximum absolute atomic E-state index is 5.37. The van der Waals surface area contributed by atoms with Crippen molar-refractivity contribution in [1.29, 1.82) is 0 Å². The average molecular weight is 276 g/mol. The lowest BCUT2D eigenvalue weighted by Crippen LogP contribution is -2.43. The van der Waals surface area contributed by atoms with Crippen molar-refractivity contribution < 1.29 is 4.42 Å². The third-order valence-corrected chi connectivity index (χ3v) is 2.78. The van der Waals surface area contributed by atoms with E-state index in [2.05, 4.69) is 15.2 Å². The zero-order valence-electron chi connectivity index (χ0n) is 9.26. The molecule has 1 saturated heterocycles. The van der Waals surface area contributed by atoms with Gasteiger partial charge in [-0.3, -0.25) is 0 Å². The maximum Gasteiger partial charge on any atom is 0.139 e. The van der Waals surface area contributed by atoms with Crippen molar-refractivity contribution in [2.75, 3.05) is 31.1 Å². The number of nitrogens with one attached hydrogen (secondary N) is 1. The number of hydrogen-bond donors (Lipinski definition) is 1. The molecule has 4 nitrogen and oxygen atoms in total. The van der Waals surface area contributed by atoms with E-state index in [0.717, 1.165) is 43.0 Å². The van der Waals surface area contributed by atoms with Crippen LogP contribution in [0, 0.1) is 0 Å². The van der Waals surface area contributed by atoms with Gasteiger partial charge in [-0.2, -0.15) is 0 Å². The summed E-state index contributed by atoms with van der Waals surface area (Å²) in [7, 11) is 0. The van der Waals surface area contributed by atoms with Crippen molar-refractivity contribution in [3.05, 3.63) is 24.6 Å². The Labute approximate surface area is 112 Å². The largest absolute Gasteiger partial charge is 0.464 e. The van der Waals surface area contributed by atoms with Gasteiger partial charge in [-0.05, 0) is 12.1 Å². The first kappa shape index (κ1) is 14.1. The number of halogens is 2. The van der Waals surface area contributed by atoms with Gasteiger partial charge in [0.25, 0.3) is 0 Å². The highest BCUT2D eigenvalue weighted by Crippen LogP contribution is 2.25. The van der Waals surface area contributed by atoms with Crippen molar-refractivity contribution in [3.8, 4) is 0 Å². The van der Waals surface area contributed by atoms with Gasteiger partial charge in [0.15, 0.2) is 0 Å². The molecule has 0 aromatic carbocycles. The van der Waals surface area contributed by atoms with Gasteiger partial charge in [0, 0.05) is 32.4 Å². The SMILES string of the molecule is Cl.Cl.c1cc2occc2c(N2CCNCC2)n1. The Hall–Kier alpha value is -0.970. The average Bonchev–Trinajstić information content (AvgIpc) is 2.78. The fourth-order valence-electron chi connectivity index (χ4n) is 2.01. The van der Waals surface area contributed by atoms with Crippen molar-refractivity contribution in [2.24, 2.45) is 0 Å². The minimum absolute atomic E-state index is 0. The van der Waals surface area contributed by atoms with Crippen LogP contribution in [-0.2, 0) is 0 Å². The number of nitrogens with zero attached hydrogens (tertiary/aromatic N) is 2. The number of anilines is 1. The van der Waals surface area contributed by atoms with Crippen LogP contribution in [-0.4, -0.2) is 31.2 Å². The van der Waals surface area contributed by atoms with Gasteiger partial charge in [0.1, 0.15) is 11.4 Å². The molecule has 17 heavy (non-hydrogen) atoms.